The fourth-order valence-electron chi connectivity index (χ4n) is 2.81. The van der Waals surface area contributed by atoms with Crippen LogP contribution in [0.4, 0.5) is 0 Å². The Labute approximate surface area is 130 Å². The van der Waals surface area contributed by atoms with Gasteiger partial charge in [0.25, 0.3) is 0 Å². The number of hydrogen-bond acceptors (Lipinski definition) is 3. The lowest BCUT2D eigenvalue weighted by molar-refractivity contribution is 0.182. The third-order valence-corrected chi connectivity index (χ3v) is 4.29. The van der Waals surface area contributed by atoms with Crippen LogP contribution in [0.25, 0.3) is 0 Å². The molecule has 0 unspecified atom stereocenters. The summed E-state index contributed by atoms with van der Waals surface area (Å²) in [6.45, 7) is 6.98. The van der Waals surface area contributed by atoms with E-state index >= 15 is 0 Å². The van der Waals surface area contributed by atoms with Gasteiger partial charge >= 0.3 is 0 Å². The van der Waals surface area contributed by atoms with E-state index in [0.29, 0.717) is 6.54 Å². The van der Waals surface area contributed by atoms with E-state index in [0.717, 1.165) is 29.8 Å². The highest BCUT2D eigenvalue weighted by Gasteiger charge is 2.12. The van der Waals surface area contributed by atoms with Gasteiger partial charge < -0.3 is 10.5 Å². The molecule has 1 aromatic carbocycles. The van der Waals surface area contributed by atoms with Crippen LogP contribution in [0.15, 0.2) is 16.6 Å². The van der Waals surface area contributed by atoms with Crippen molar-refractivity contribution in [3.63, 3.8) is 0 Å². The predicted octanol–water partition coefficient (Wildman–Crippen LogP) is 3.12. The molecule has 0 aromatic heterocycles. The van der Waals surface area contributed by atoms with Gasteiger partial charge in [0.05, 0.1) is 0 Å². The van der Waals surface area contributed by atoms with Crippen LogP contribution in [0, 0.1) is 6.92 Å². The lowest BCUT2D eigenvalue weighted by atomic mass is 10.1. The first-order valence-corrected chi connectivity index (χ1v) is 8.34. The summed E-state index contributed by atoms with van der Waals surface area (Å²) in [7, 11) is 0. The Morgan fingerprint density at radius 3 is 2.70 bits per heavy atom. The van der Waals surface area contributed by atoms with Crippen molar-refractivity contribution in [2.45, 2.75) is 32.6 Å². The first kappa shape index (κ1) is 15.8. The largest absolute Gasteiger partial charge is 0.492 e. The van der Waals surface area contributed by atoms with E-state index in [1.54, 1.807) is 0 Å². The lowest BCUT2D eigenvalue weighted by Gasteiger charge is -2.26. The third kappa shape index (κ3) is 4.47. The van der Waals surface area contributed by atoms with Crippen LogP contribution in [0.5, 0.6) is 5.75 Å². The minimum atomic E-state index is 0.651. The zero-order chi connectivity index (χ0) is 14.4. The first-order valence-electron chi connectivity index (χ1n) is 7.55. The van der Waals surface area contributed by atoms with Gasteiger partial charge in [-0.15, -0.1) is 0 Å². The van der Waals surface area contributed by atoms with E-state index in [9.17, 15) is 0 Å². The van der Waals surface area contributed by atoms with Crippen LogP contribution in [-0.2, 0) is 6.42 Å². The molecular weight excluding hydrogens is 316 g/mol. The number of rotatable bonds is 6. The second kappa shape index (κ2) is 8.01. The number of nitrogens with two attached hydrogens (primary N) is 1. The Balaban J connectivity index is 1.93. The molecule has 4 heteroatoms. The zero-order valence-corrected chi connectivity index (χ0v) is 13.9. The van der Waals surface area contributed by atoms with Crippen molar-refractivity contribution in [3.05, 3.63) is 27.7 Å². The average Bonchev–Trinajstić information content (AvgIpc) is 2.43. The summed E-state index contributed by atoms with van der Waals surface area (Å²) in [5.74, 6) is 1.02. The molecule has 1 fully saturated rings. The molecular formula is C16H25BrN2O. The average molecular weight is 341 g/mol. The number of nitrogens with zero attached hydrogens (tertiary/aromatic N) is 1. The van der Waals surface area contributed by atoms with Crippen LogP contribution in [0.2, 0.25) is 0 Å². The van der Waals surface area contributed by atoms with E-state index in [-0.39, 0.29) is 0 Å². The van der Waals surface area contributed by atoms with Gasteiger partial charge in [-0.3, -0.25) is 4.90 Å². The molecule has 1 aliphatic heterocycles. The molecule has 1 heterocycles. The smallest absolute Gasteiger partial charge is 0.125 e. The Morgan fingerprint density at radius 2 is 2.00 bits per heavy atom. The van der Waals surface area contributed by atoms with Crippen LogP contribution in [0.3, 0.4) is 0 Å². The molecule has 0 radical (unpaired) electrons. The Kier molecular flexibility index (Phi) is 6.33. The maximum absolute atomic E-state index is 6.06. The zero-order valence-electron chi connectivity index (χ0n) is 12.3. The minimum absolute atomic E-state index is 0.651. The number of hydrogen-bond donors (Lipinski definition) is 1. The van der Waals surface area contributed by atoms with Crippen LogP contribution in [0.1, 0.15) is 30.4 Å². The number of benzene rings is 1. The van der Waals surface area contributed by atoms with Gasteiger partial charge in [0.2, 0.25) is 0 Å². The van der Waals surface area contributed by atoms with Crippen molar-refractivity contribution >= 4 is 15.9 Å². The molecule has 112 valence electrons. The van der Waals surface area contributed by atoms with Gasteiger partial charge in [-0.05, 0) is 69.1 Å². The second-order valence-electron chi connectivity index (χ2n) is 5.50. The molecule has 2 N–H and O–H groups in total. The highest BCUT2D eigenvalue weighted by molar-refractivity contribution is 9.10. The molecule has 3 nitrogen and oxygen atoms in total. The van der Waals surface area contributed by atoms with Crippen molar-refractivity contribution in [1.82, 2.24) is 4.90 Å². The summed E-state index contributed by atoms with van der Waals surface area (Å²) in [5, 5.41) is 0. The van der Waals surface area contributed by atoms with Gasteiger partial charge in [0.1, 0.15) is 12.4 Å². The molecule has 0 atom stereocenters. The second-order valence-corrected chi connectivity index (χ2v) is 6.42. The van der Waals surface area contributed by atoms with Crippen molar-refractivity contribution < 1.29 is 4.74 Å². The third-order valence-electron chi connectivity index (χ3n) is 3.83. The highest BCUT2D eigenvalue weighted by atomic mass is 79.9. The molecule has 20 heavy (non-hydrogen) atoms. The summed E-state index contributed by atoms with van der Waals surface area (Å²) < 4.78 is 7.16. The molecule has 2 rings (SSSR count). The van der Waals surface area contributed by atoms with Gasteiger partial charge in [0.15, 0.2) is 0 Å². The predicted molar refractivity (Wildman–Crippen MR) is 87.4 cm³/mol. The number of aryl methyl sites for hydroxylation is 1. The van der Waals surface area contributed by atoms with Crippen LogP contribution >= 0.6 is 15.9 Å². The molecule has 0 saturated carbocycles. The van der Waals surface area contributed by atoms with Crippen molar-refractivity contribution in [2.75, 3.05) is 32.8 Å². The molecule has 0 spiro atoms. The molecule has 1 saturated heterocycles. The summed E-state index contributed by atoms with van der Waals surface area (Å²) in [6.07, 6.45) is 4.90. The van der Waals surface area contributed by atoms with Gasteiger partial charge in [-0.25, -0.2) is 0 Å². The monoisotopic (exact) mass is 340 g/mol. The van der Waals surface area contributed by atoms with E-state index < -0.39 is 0 Å². The Morgan fingerprint density at radius 1 is 1.25 bits per heavy atom. The van der Waals surface area contributed by atoms with Gasteiger partial charge in [-0.1, -0.05) is 22.4 Å². The van der Waals surface area contributed by atoms with Gasteiger partial charge in [0, 0.05) is 11.0 Å². The Hall–Kier alpha value is -0.580. The summed E-state index contributed by atoms with van der Waals surface area (Å²) >= 11 is 3.54. The van der Waals surface area contributed by atoms with E-state index in [4.69, 9.17) is 10.5 Å². The fraction of sp³-hybridized carbons (Fsp3) is 0.625. The normalized spacial score (nSPS) is 16.4. The number of likely N-dealkylation sites (tertiary alicyclic amines) is 1. The van der Waals surface area contributed by atoms with E-state index in [1.807, 2.05) is 0 Å². The van der Waals surface area contributed by atoms with Gasteiger partial charge in [-0.2, -0.15) is 0 Å². The number of piperidine rings is 1. The minimum Gasteiger partial charge on any atom is -0.492 e. The molecule has 0 bridgehead atoms. The number of halogens is 1. The molecule has 1 aromatic rings. The first-order chi connectivity index (χ1) is 9.70. The van der Waals surface area contributed by atoms with E-state index in [1.165, 1.54) is 43.5 Å². The van der Waals surface area contributed by atoms with Crippen LogP contribution in [-0.4, -0.2) is 37.7 Å². The van der Waals surface area contributed by atoms with Crippen molar-refractivity contribution in [2.24, 2.45) is 5.73 Å². The maximum Gasteiger partial charge on any atom is 0.125 e. The fourth-order valence-corrected chi connectivity index (χ4v) is 3.43. The molecule has 1 aliphatic rings. The summed E-state index contributed by atoms with van der Waals surface area (Å²) in [5.41, 5.74) is 8.08. The SMILES string of the molecule is Cc1cc(Br)cc(CCN)c1OCCN1CCCCC1. The van der Waals surface area contributed by atoms with Crippen LogP contribution < -0.4 is 10.5 Å². The number of ether oxygens (including phenoxy) is 1. The molecule has 0 aliphatic carbocycles. The van der Waals surface area contributed by atoms with E-state index in [2.05, 4.69) is 39.9 Å². The quantitative estimate of drug-likeness (QED) is 0.864. The highest BCUT2D eigenvalue weighted by Crippen LogP contribution is 2.28. The lowest BCUT2D eigenvalue weighted by Crippen LogP contribution is -2.33. The topological polar surface area (TPSA) is 38.5 Å². The summed E-state index contributed by atoms with van der Waals surface area (Å²) in [6, 6.07) is 4.23. The maximum atomic E-state index is 6.06. The molecule has 0 amide bonds. The summed E-state index contributed by atoms with van der Waals surface area (Å²) in [4.78, 5) is 2.50. The standard InChI is InChI=1S/C16H25BrN2O/c1-13-11-15(17)12-14(5-6-18)16(13)20-10-9-19-7-3-2-4-8-19/h11-12H,2-10,18H2,1H3. The van der Waals surface area contributed by atoms with Crippen molar-refractivity contribution in [1.29, 1.82) is 0 Å². The van der Waals surface area contributed by atoms with Crippen molar-refractivity contribution in [3.8, 4) is 5.75 Å². The Bertz CT molecular complexity index is 431.